The highest BCUT2D eigenvalue weighted by Crippen LogP contribution is 2.21. The van der Waals surface area contributed by atoms with Crippen LogP contribution in [0.2, 0.25) is 0 Å². The van der Waals surface area contributed by atoms with Crippen LogP contribution in [0.5, 0.6) is 0 Å². The zero-order valence-corrected chi connectivity index (χ0v) is 6.10. The third-order valence-electron chi connectivity index (χ3n) is 1.48. The van der Waals surface area contributed by atoms with Crippen molar-refractivity contribution in [1.82, 2.24) is 0 Å². The van der Waals surface area contributed by atoms with Gasteiger partial charge in [0.05, 0.1) is 5.38 Å². The molecule has 0 saturated heterocycles. The van der Waals surface area contributed by atoms with Gasteiger partial charge in [0.1, 0.15) is 7.85 Å². The van der Waals surface area contributed by atoms with Gasteiger partial charge in [-0.3, -0.25) is 0 Å². The maximum absolute atomic E-state index is 5.87. The van der Waals surface area contributed by atoms with E-state index in [9.17, 15) is 0 Å². The third-order valence-corrected chi connectivity index (χ3v) is 2.13. The van der Waals surface area contributed by atoms with Crippen molar-refractivity contribution in [1.29, 1.82) is 0 Å². The fourth-order valence-corrected chi connectivity index (χ4v) is 0.992. The molecule has 2 unspecified atom stereocenters. The second kappa shape index (κ2) is 2.61. The highest BCUT2D eigenvalue weighted by atomic mass is 35.5. The standard InChI is InChI=1S/C7H8BCl/c1-5-3-2-4-6(8)7(5)9/h2-5,7H,1H3. The van der Waals surface area contributed by atoms with E-state index in [0.717, 1.165) is 5.47 Å². The molecule has 2 radical (unpaired) electrons. The Balaban J connectivity index is 2.73. The van der Waals surface area contributed by atoms with E-state index in [1.165, 1.54) is 0 Å². The molecule has 0 aromatic heterocycles. The summed E-state index contributed by atoms with van der Waals surface area (Å²) in [5.74, 6) is 0.372. The molecule has 0 heterocycles. The molecule has 0 N–H and O–H groups in total. The van der Waals surface area contributed by atoms with Crippen LogP contribution in [0, 0.1) is 5.92 Å². The van der Waals surface area contributed by atoms with Crippen molar-refractivity contribution >= 4 is 19.4 Å². The highest BCUT2D eigenvalue weighted by molar-refractivity contribution is 6.33. The Morgan fingerprint density at radius 2 is 2.33 bits per heavy atom. The number of allylic oxidation sites excluding steroid dienone is 4. The highest BCUT2D eigenvalue weighted by Gasteiger charge is 2.14. The molecule has 0 nitrogen and oxygen atoms in total. The summed E-state index contributed by atoms with van der Waals surface area (Å²) in [6.45, 7) is 2.05. The van der Waals surface area contributed by atoms with Gasteiger partial charge in [0.15, 0.2) is 0 Å². The van der Waals surface area contributed by atoms with Crippen LogP contribution >= 0.6 is 11.6 Å². The van der Waals surface area contributed by atoms with Gasteiger partial charge in [-0.2, -0.15) is 0 Å². The molecule has 0 aromatic rings. The minimum atomic E-state index is -0.00463. The van der Waals surface area contributed by atoms with Crippen molar-refractivity contribution in [3.8, 4) is 0 Å². The molecule has 1 rings (SSSR count). The van der Waals surface area contributed by atoms with Crippen molar-refractivity contribution in [3.63, 3.8) is 0 Å². The zero-order valence-electron chi connectivity index (χ0n) is 5.34. The van der Waals surface area contributed by atoms with Crippen molar-refractivity contribution in [2.45, 2.75) is 12.3 Å². The zero-order chi connectivity index (χ0) is 6.85. The molecule has 0 fully saturated rings. The van der Waals surface area contributed by atoms with E-state index in [1.54, 1.807) is 0 Å². The molecule has 0 saturated carbocycles. The summed E-state index contributed by atoms with van der Waals surface area (Å²) in [5, 5.41) is -0.00463. The summed E-state index contributed by atoms with van der Waals surface area (Å²) < 4.78 is 0. The Hall–Kier alpha value is -0.165. The molecule has 0 amide bonds. The van der Waals surface area contributed by atoms with E-state index in [0.29, 0.717) is 5.92 Å². The van der Waals surface area contributed by atoms with Crippen LogP contribution in [0.4, 0.5) is 0 Å². The molecule has 0 spiro atoms. The maximum atomic E-state index is 5.87. The second-order valence-corrected chi connectivity index (χ2v) is 2.78. The van der Waals surface area contributed by atoms with Crippen LogP contribution in [0.1, 0.15) is 6.92 Å². The largest absolute Gasteiger partial charge is 0.118 e. The normalized spacial score (nSPS) is 34.2. The SMILES string of the molecule is [B]C1=CC=CC(C)C1Cl. The minimum absolute atomic E-state index is 0.00463. The summed E-state index contributed by atoms with van der Waals surface area (Å²) in [6, 6.07) is 0. The number of halogens is 1. The number of alkyl halides is 1. The van der Waals surface area contributed by atoms with Gasteiger partial charge in [-0.25, -0.2) is 0 Å². The third kappa shape index (κ3) is 1.39. The van der Waals surface area contributed by atoms with Gasteiger partial charge in [-0.1, -0.05) is 30.6 Å². The summed E-state index contributed by atoms with van der Waals surface area (Å²) in [4.78, 5) is 0. The fourth-order valence-electron chi connectivity index (χ4n) is 0.835. The van der Waals surface area contributed by atoms with Crippen LogP contribution in [0.3, 0.4) is 0 Å². The molecule has 1 aliphatic rings. The van der Waals surface area contributed by atoms with Crippen LogP contribution < -0.4 is 0 Å². The van der Waals surface area contributed by atoms with Gasteiger partial charge in [0.2, 0.25) is 0 Å². The van der Waals surface area contributed by atoms with E-state index >= 15 is 0 Å². The first kappa shape index (κ1) is 6.95. The molecule has 2 atom stereocenters. The lowest BCUT2D eigenvalue weighted by Gasteiger charge is -2.18. The monoisotopic (exact) mass is 138 g/mol. The van der Waals surface area contributed by atoms with E-state index in [2.05, 4.69) is 0 Å². The summed E-state index contributed by atoms with van der Waals surface area (Å²) >= 11 is 5.87. The van der Waals surface area contributed by atoms with Crippen molar-refractivity contribution in [3.05, 3.63) is 23.7 Å². The Bertz CT molecular complexity index is 160. The first-order valence-corrected chi connectivity index (χ1v) is 3.43. The molecule has 1 aliphatic carbocycles. The van der Waals surface area contributed by atoms with E-state index in [-0.39, 0.29) is 5.38 Å². The second-order valence-electron chi connectivity index (χ2n) is 2.31. The fraction of sp³-hybridized carbons (Fsp3) is 0.429. The van der Waals surface area contributed by atoms with Crippen LogP contribution in [-0.4, -0.2) is 13.2 Å². The number of hydrogen-bond donors (Lipinski definition) is 0. The van der Waals surface area contributed by atoms with Crippen LogP contribution in [-0.2, 0) is 0 Å². The molecule has 2 heteroatoms. The first-order valence-electron chi connectivity index (χ1n) is 2.99. The molecular formula is C7H8BCl. The Kier molecular flexibility index (Phi) is 2.02. The van der Waals surface area contributed by atoms with Gasteiger partial charge < -0.3 is 0 Å². The molecule has 0 bridgehead atoms. The van der Waals surface area contributed by atoms with E-state index in [4.69, 9.17) is 19.4 Å². The van der Waals surface area contributed by atoms with Crippen molar-refractivity contribution in [2.75, 3.05) is 0 Å². The smallest absolute Gasteiger partial charge is 0.109 e. The van der Waals surface area contributed by atoms with Gasteiger partial charge in [-0.15, -0.1) is 11.6 Å². The van der Waals surface area contributed by atoms with Crippen LogP contribution in [0.15, 0.2) is 23.7 Å². The first-order chi connectivity index (χ1) is 4.22. The predicted octanol–water partition coefficient (Wildman–Crippen LogP) is 1.85. The summed E-state index contributed by atoms with van der Waals surface area (Å²) in [7, 11) is 5.55. The average Bonchev–Trinajstić information content (AvgIpc) is 1.83. The molecular weight excluding hydrogens is 130 g/mol. The summed E-state index contributed by atoms with van der Waals surface area (Å²) in [5.41, 5.74) is 0.770. The van der Waals surface area contributed by atoms with Crippen molar-refractivity contribution < 1.29 is 0 Å². The lowest BCUT2D eigenvalue weighted by Crippen LogP contribution is -2.14. The van der Waals surface area contributed by atoms with Gasteiger partial charge >= 0.3 is 0 Å². The summed E-state index contributed by atoms with van der Waals surface area (Å²) in [6.07, 6.45) is 5.84. The Morgan fingerprint density at radius 1 is 1.67 bits per heavy atom. The Labute approximate surface area is 62.0 Å². The maximum Gasteiger partial charge on any atom is 0.109 e. The van der Waals surface area contributed by atoms with E-state index in [1.807, 2.05) is 25.2 Å². The topological polar surface area (TPSA) is 0 Å². The number of hydrogen-bond acceptors (Lipinski definition) is 0. The lowest BCUT2D eigenvalue weighted by atomic mass is 9.83. The van der Waals surface area contributed by atoms with Gasteiger partial charge in [0.25, 0.3) is 0 Å². The van der Waals surface area contributed by atoms with Crippen LogP contribution in [0.25, 0.3) is 0 Å². The lowest BCUT2D eigenvalue weighted by molar-refractivity contribution is 0.736. The molecule has 46 valence electrons. The number of rotatable bonds is 0. The average molecular weight is 138 g/mol. The van der Waals surface area contributed by atoms with E-state index < -0.39 is 0 Å². The van der Waals surface area contributed by atoms with Crippen molar-refractivity contribution in [2.24, 2.45) is 5.92 Å². The Morgan fingerprint density at radius 3 is 2.78 bits per heavy atom. The molecule has 0 aromatic carbocycles. The minimum Gasteiger partial charge on any atom is -0.118 e. The quantitative estimate of drug-likeness (QED) is 0.354. The predicted molar refractivity (Wildman–Crippen MR) is 41.8 cm³/mol. The van der Waals surface area contributed by atoms with Gasteiger partial charge in [0, 0.05) is 0 Å². The molecule has 9 heavy (non-hydrogen) atoms. The van der Waals surface area contributed by atoms with Gasteiger partial charge in [-0.05, 0) is 5.92 Å². The molecule has 0 aliphatic heterocycles.